The van der Waals surface area contributed by atoms with E-state index in [1.807, 2.05) is 0 Å². The summed E-state index contributed by atoms with van der Waals surface area (Å²) in [5.74, 6) is 3.04. The molecule has 3 unspecified atom stereocenters. The lowest BCUT2D eigenvalue weighted by molar-refractivity contribution is 0.385. The van der Waals surface area contributed by atoms with E-state index in [0.717, 1.165) is 24.3 Å². The van der Waals surface area contributed by atoms with E-state index in [0.29, 0.717) is 0 Å². The molecule has 0 aromatic heterocycles. The van der Waals surface area contributed by atoms with Crippen molar-refractivity contribution in [3.05, 3.63) is 11.6 Å². The fourth-order valence-electron chi connectivity index (χ4n) is 3.03. The molecule has 2 rings (SSSR count). The number of nitrogens with two attached hydrogens (primary N) is 1. The molecular weight excluding hydrogens is 170 g/mol. The van der Waals surface area contributed by atoms with Crippen LogP contribution in [0.2, 0.25) is 0 Å². The Morgan fingerprint density at radius 3 is 3.07 bits per heavy atom. The monoisotopic (exact) mass is 193 g/mol. The van der Waals surface area contributed by atoms with Crippen molar-refractivity contribution < 1.29 is 0 Å². The third-order valence-electron chi connectivity index (χ3n) is 4.06. The van der Waals surface area contributed by atoms with Crippen molar-refractivity contribution in [2.45, 2.75) is 45.4 Å². The molecule has 2 aliphatic rings. The van der Waals surface area contributed by atoms with Gasteiger partial charge in [0.05, 0.1) is 0 Å². The summed E-state index contributed by atoms with van der Waals surface area (Å²) >= 11 is 0. The van der Waals surface area contributed by atoms with Crippen molar-refractivity contribution >= 4 is 0 Å². The van der Waals surface area contributed by atoms with Gasteiger partial charge in [-0.15, -0.1) is 0 Å². The zero-order valence-corrected chi connectivity index (χ0v) is 9.34. The average Bonchev–Trinajstić information content (AvgIpc) is 2.91. The third kappa shape index (κ3) is 2.38. The van der Waals surface area contributed by atoms with Crippen LogP contribution in [0.5, 0.6) is 0 Å². The molecule has 0 aromatic rings. The zero-order valence-electron chi connectivity index (χ0n) is 9.34. The van der Waals surface area contributed by atoms with Crippen LogP contribution in [-0.4, -0.2) is 6.54 Å². The maximum Gasteiger partial charge on any atom is -0.00745 e. The summed E-state index contributed by atoms with van der Waals surface area (Å²) in [6.07, 6.45) is 10.7. The summed E-state index contributed by atoms with van der Waals surface area (Å²) < 4.78 is 0. The van der Waals surface area contributed by atoms with E-state index >= 15 is 0 Å². The largest absolute Gasteiger partial charge is 0.330 e. The standard InChI is InChI=1S/C13H23N/c1-10-3-2-4-11(6-5-10)13-9-12(13)7-8-14/h3,11-13H,2,4-9,14H2,1H3. The van der Waals surface area contributed by atoms with Gasteiger partial charge in [0.25, 0.3) is 0 Å². The molecule has 80 valence electrons. The first-order chi connectivity index (χ1) is 6.81. The minimum atomic E-state index is 0.894. The molecule has 2 N–H and O–H groups in total. The number of hydrogen-bond acceptors (Lipinski definition) is 1. The van der Waals surface area contributed by atoms with Gasteiger partial charge in [0.15, 0.2) is 0 Å². The molecular formula is C13H23N. The fourth-order valence-corrected chi connectivity index (χ4v) is 3.03. The highest BCUT2D eigenvalue weighted by molar-refractivity contribution is 5.03. The highest BCUT2D eigenvalue weighted by Crippen LogP contribution is 2.50. The Balaban J connectivity index is 1.78. The maximum absolute atomic E-state index is 5.60. The molecule has 0 aromatic carbocycles. The van der Waals surface area contributed by atoms with Crippen molar-refractivity contribution in [1.82, 2.24) is 0 Å². The zero-order chi connectivity index (χ0) is 9.97. The van der Waals surface area contributed by atoms with Gasteiger partial charge in [-0.05, 0) is 69.7 Å². The van der Waals surface area contributed by atoms with Crippen molar-refractivity contribution in [2.75, 3.05) is 6.54 Å². The maximum atomic E-state index is 5.60. The van der Waals surface area contributed by atoms with E-state index in [2.05, 4.69) is 13.0 Å². The molecule has 0 spiro atoms. The SMILES string of the molecule is CC1=CCCC(C2CC2CCN)CC1. The van der Waals surface area contributed by atoms with Gasteiger partial charge in [-0.25, -0.2) is 0 Å². The van der Waals surface area contributed by atoms with Crippen LogP contribution < -0.4 is 5.73 Å². The Hall–Kier alpha value is -0.300. The van der Waals surface area contributed by atoms with Crippen LogP contribution in [0.3, 0.4) is 0 Å². The molecule has 0 bridgehead atoms. The van der Waals surface area contributed by atoms with Gasteiger partial charge < -0.3 is 5.73 Å². The van der Waals surface area contributed by atoms with Crippen LogP contribution in [0.4, 0.5) is 0 Å². The van der Waals surface area contributed by atoms with Crippen molar-refractivity contribution in [2.24, 2.45) is 23.5 Å². The quantitative estimate of drug-likeness (QED) is 0.685. The lowest BCUT2D eigenvalue weighted by atomic mass is 9.92. The Bertz CT molecular complexity index is 219. The lowest BCUT2D eigenvalue weighted by Gasteiger charge is -2.13. The van der Waals surface area contributed by atoms with Crippen LogP contribution in [0.15, 0.2) is 11.6 Å². The second-order valence-electron chi connectivity index (χ2n) is 5.16. The van der Waals surface area contributed by atoms with Crippen LogP contribution in [0.25, 0.3) is 0 Å². The van der Waals surface area contributed by atoms with Gasteiger partial charge in [0.1, 0.15) is 0 Å². The smallest absolute Gasteiger partial charge is 0.00745 e. The predicted octanol–water partition coefficient (Wildman–Crippen LogP) is 3.11. The van der Waals surface area contributed by atoms with Gasteiger partial charge in [-0.3, -0.25) is 0 Å². The molecule has 14 heavy (non-hydrogen) atoms. The first kappa shape index (κ1) is 10.2. The van der Waals surface area contributed by atoms with Gasteiger partial charge in [0.2, 0.25) is 0 Å². The topological polar surface area (TPSA) is 26.0 Å². The van der Waals surface area contributed by atoms with Crippen LogP contribution in [-0.2, 0) is 0 Å². The summed E-state index contributed by atoms with van der Waals surface area (Å²) in [6, 6.07) is 0. The highest BCUT2D eigenvalue weighted by Gasteiger charge is 2.41. The summed E-state index contributed by atoms with van der Waals surface area (Å²) in [4.78, 5) is 0. The van der Waals surface area contributed by atoms with Crippen molar-refractivity contribution in [3.63, 3.8) is 0 Å². The van der Waals surface area contributed by atoms with Crippen molar-refractivity contribution in [1.29, 1.82) is 0 Å². The van der Waals surface area contributed by atoms with Gasteiger partial charge >= 0.3 is 0 Å². The summed E-state index contributed by atoms with van der Waals surface area (Å²) in [6.45, 7) is 3.18. The molecule has 1 saturated carbocycles. The Morgan fingerprint density at radius 1 is 1.43 bits per heavy atom. The van der Waals surface area contributed by atoms with Gasteiger partial charge in [0, 0.05) is 0 Å². The Kier molecular flexibility index (Phi) is 3.27. The second-order valence-corrected chi connectivity index (χ2v) is 5.16. The molecule has 0 heterocycles. The minimum Gasteiger partial charge on any atom is -0.330 e. The normalized spacial score (nSPS) is 37.6. The molecule has 2 aliphatic carbocycles. The van der Waals surface area contributed by atoms with E-state index in [1.54, 1.807) is 5.57 Å². The predicted molar refractivity (Wildman–Crippen MR) is 61.0 cm³/mol. The van der Waals surface area contributed by atoms with Crippen molar-refractivity contribution in [3.8, 4) is 0 Å². The molecule has 1 fully saturated rings. The molecule has 0 aliphatic heterocycles. The lowest BCUT2D eigenvalue weighted by Crippen LogP contribution is -2.06. The second kappa shape index (κ2) is 4.48. The van der Waals surface area contributed by atoms with E-state index in [9.17, 15) is 0 Å². The molecule has 3 atom stereocenters. The van der Waals surface area contributed by atoms with Crippen LogP contribution in [0, 0.1) is 17.8 Å². The first-order valence-electron chi connectivity index (χ1n) is 6.17. The number of rotatable bonds is 3. The van der Waals surface area contributed by atoms with E-state index in [1.165, 1.54) is 38.5 Å². The van der Waals surface area contributed by atoms with E-state index in [4.69, 9.17) is 5.73 Å². The first-order valence-corrected chi connectivity index (χ1v) is 6.17. The van der Waals surface area contributed by atoms with E-state index < -0.39 is 0 Å². The molecule has 1 nitrogen and oxygen atoms in total. The molecule has 1 heteroatoms. The van der Waals surface area contributed by atoms with E-state index in [-0.39, 0.29) is 0 Å². The van der Waals surface area contributed by atoms with Crippen LogP contribution in [0.1, 0.15) is 45.4 Å². The summed E-state index contributed by atoms with van der Waals surface area (Å²) in [5, 5.41) is 0. The molecule has 0 amide bonds. The van der Waals surface area contributed by atoms with Crippen LogP contribution >= 0.6 is 0 Å². The summed E-state index contributed by atoms with van der Waals surface area (Å²) in [5.41, 5.74) is 7.22. The molecule has 0 saturated heterocycles. The summed E-state index contributed by atoms with van der Waals surface area (Å²) in [7, 11) is 0. The number of hydrogen-bond donors (Lipinski definition) is 1. The Labute approximate surface area is 87.8 Å². The van der Waals surface area contributed by atoms with Gasteiger partial charge in [-0.1, -0.05) is 11.6 Å². The minimum absolute atomic E-state index is 0.894. The third-order valence-corrected chi connectivity index (χ3v) is 4.06. The van der Waals surface area contributed by atoms with Gasteiger partial charge in [-0.2, -0.15) is 0 Å². The fraction of sp³-hybridized carbons (Fsp3) is 0.846. The number of allylic oxidation sites excluding steroid dienone is 2. The Morgan fingerprint density at radius 2 is 2.29 bits per heavy atom. The molecule has 0 radical (unpaired) electrons. The highest BCUT2D eigenvalue weighted by atomic mass is 14.6. The average molecular weight is 193 g/mol.